The van der Waals surface area contributed by atoms with Crippen LogP contribution in [-0.4, -0.2) is 37.7 Å². The lowest BCUT2D eigenvalue weighted by Crippen LogP contribution is -2.33. The minimum absolute atomic E-state index is 0.251. The van der Waals surface area contributed by atoms with Crippen molar-refractivity contribution in [3.05, 3.63) is 29.6 Å². The molecule has 1 aliphatic rings. The Morgan fingerprint density at radius 3 is 2.68 bits per heavy atom. The van der Waals surface area contributed by atoms with E-state index in [-0.39, 0.29) is 5.82 Å². The molecular formula is C15H23FN2O. The number of nitrogens with zero attached hydrogens (tertiary/aromatic N) is 1. The Kier molecular flexibility index (Phi) is 5.61. The van der Waals surface area contributed by atoms with Crippen LogP contribution in [0.25, 0.3) is 0 Å². The zero-order valence-electron chi connectivity index (χ0n) is 11.4. The average Bonchev–Trinajstić information content (AvgIpc) is 2.40. The molecule has 1 aromatic carbocycles. The Morgan fingerprint density at radius 1 is 1.16 bits per heavy atom. The van der Waals surface area contributed by atoms with Gasteiger partial charge in [-0.05, 0) is 56.6 Å². The first kappa shape index (κ1) is 14.3. The summed E-state index contributed by atoms with van der Waals surface area (Å²) in [7, 11) is 0. The Labute approximate surface area is 114 Å². The monoisotopic (exact) mass is 266 g/mol. The molecule has 3 nitrogen and oxygen atoms in total. The van der Waals surface area contributed by atoms with E-state index in [0.717, 1.165) is 25.2 Å². The molecule has 0 aliphatic carbocycles. The highest BCUT2D eigenvalue weighted by molar-refractivity contribution is 5.29. The van der Waals surface area contributed by atoms with Gasteiger partial charge in [-0.15, -0.1) is 0 Å². The minimum atomic E-state index is -0.251. The van der Waals surface area contributed by atoms with E-state index >= 15 is 0 Å². The third-order valence-electron chi connectivity index (χ3n) is 3.49. The van der Waals surface area contributed by atoms with E-state index in [2.05, 4.69) is 4.90 Å². The summed E-state index contributed by atoms with van der Waals surface area (Å²) in [4.78, 5) is 2.41. The maximum Gasteiger partial charge on any atom is 0.127 e. The molecule has 0 radical (unpaired) electrons. The molecule has 1 aliphatic heterocycles. The topological polar surface area (TPSA) is 38.5 Å². The van der Waals surface area contributed by atoms with Gasteiger partial charge in [0.2, 0.25) is 0 Å². The van der Waals surface area contributed by atoms with Crippen LogP contribution >= 0.6 is 0 Å². The first-order chi connectivity index (χ1) is 9.28. The first-order valence-corrected chi connectivity index (χ1v) is 7.12. The molecule has 0 aromatic heterocycles. The van der Waals surface area contributed by atoms with Gasteiger partial charge in [0.05, 0.1) is 0 Å². The van der Waals surface area contributed by atoms with Gasteiger partial charge in [0.25, 0.3) is 0 Å². The quantitative estimate of drug-likeness (QED) is 0.858. The summed E-state index contributed by atoms with van der Waals surface area (Å²) in [6.45, 7) is 4.38. The molecule has 1 aromatic rings. The van der Waals surface area contributed by atoms with Crippen molar-refractivity contribution in [3.63, 3.8) is 0 Å². The minimum Gasteiger partial charge on any atom is -0.492 e. The van der Waals surface area contributed by atoms with Gasteiger partial charge >= 0.3 is 0 Å². The summed E-state index contributed by atoms with van der Waals surface area (Å²) in [5.74, 6) is 0.361. The summed E-state index contributed by atoms with van der Waals surface area (Å²) < 4.78 is 19.1. The van der Waals surface area contributed by atoms with Crippen molar-refractivity contribution in [1.82, 2.24) is 4.90 Å². The Bertz CT molecular complexity index is 392. The fraction of sp³-hybridized carbons (Fsp3) is 0.600. The molecule has 0 unspecified atom stereocenters. The molecule has 0 amide bonds. The third kappa shape index (κ3) is 4.80. The van der Waals surface area contributed by atoms with Crippen LogP contribution in [-0.2, 0) is 6.42 Å². The summed E-state index contributed by atoms with van der Waals surface area (Å²) >= 11 is 0. The van der Waals surface area contributed by atoms with E-state index in [0.29, 0.717) is 25.3 Å². The summed E-state index contributed by atoms with van der Waals surface area (Å²) in [5, 5.41) is 0. The standard InChI is InChI=1S/C15H23FN2O/c16-14-10-13(4-5-17)11-15(12-14)19-9-8-18-6-2-1-3-7-18/h10-12H,1-9,17H2. The van der Waals surface area contributed by atoms with E-state index in [1.165, 1.54) is 31.4 Å². The van der Waals surface area contributed by atoms with Gasteiger partial charge in [-0.2, -0.15) is 0 Å². The van der Waals surface area contributed by atoms with Crippen molar-refractivity contribution in [1.29, 1.82) is 0 Å². The summed E-state index contributed by atoms with van der Waals surface area (Å²) in [6.07, 6.45) is 4.57. The second-order valence-corrected chi connectivity index (χ2v) is 5.08. The number of hydrogen-bond donors (Lipinski definition) is 1. The molecule has 0 atom stereocenters. The molecule has 19 heavy (non-hydrogen) atoms. The van der Waals surface area contributed by atoms with Crippen molar-refractivity contribution >= 4 is 0 Å². The van der Waals surface area contributed by atoms with Crippen LogP contribution in [0.1, 0.15) is 24.8 Å². The van der Waals surface area contributed by atoms with E-state index in [9.17, 15) is 4.39 Å². The second kappa shape index (κ2) is 7.46. The van der Waals surface area contributed by atoms with Gasteiger partial charge in [-0.3, -0.25) is 4.90 Å². The van der Waals surface area contributed by atoms with E-state index in [1.807, 2.05) is 6.07 Å². The van der Waals surface area contributed by atoms with Crippen molar-refractivity contribution < 1.29 is 9.13 Å². The molecule has 0 bridgehead atoms. The van der Waals surface area contributed by atoms with Gasteiger partial charge in [0, 0.05) is 12.6 Å². The lowest BCUT2D eigenvalue weighted by Gasteiger charge is -2.26. The number of piperidine rings is 1. The van der Waals surface area contributed by atoms with Crippen LogP contribution in [0.15, 0.2) is 18.2 Å². The molecule has 1 saturated heterocycles. The number of hydrogen-bond acceptors (Lipinski definition) is 3. The highest BCUT2D eigenvalue weighted by atomic mass is 19.1. The largest absolute Gasteiger partial charge is 0.492 e. The predicted octanol–water partition coefficient (Wildman–Crippen LogP) is 2.19. The molecule has 106 valence electrons. The molecule has 0 saturated carbocycles. The molecule has 1 fully saturated rings. The predicted molar refractivity (Wildman–Crippen MR) is 74.9 cm³/mol. The molecule has 0 spiro atoms. The Balaban J connectivity index is 1.81. The van der Waals surface area contributed by atoms with Crippen LogP contribution in [0.5, 0.6) is 5.75 Å². The summed E-state index contributed by atoms with van der Waals surface area (Å²) in [6, 6.07) is 4.84. The smallest absolute Gasteiger partial charge is 0.127 e. The van der Waals surface area contributed by atoms with E-state index < -0.39 is 0 Å². The SMILES string of the molecule is NCCc1cc(F)cc(OCCN2CCCCC2)c1. The number of benzene rings is 1. The fourth-order valence-electron chi connectivity index (χ4n) is 2.49. The summed E-state index contributed by atoms with van der Waals surface area (Å²) in [5.41, 5.74) is 6.39. The number of nitrogens with two attached hydrogens (primary N) is 1. The highest BCUT2D eigenvalue weighted by Gasteiger charge is 2.09. The maximum atomic E-state index is 13.4. The lowest BCUT2D eigenvalue weighted by atomic mass is 10.1. The average molecular weight is 266 g/mol. The zero-order valence-corrected chi connectivity index (χ0v) is 11.4. The van der Waals surface area contributed by atoms with Gasteiger partial charge in [-0.25, -0.2) is 4.39 Å². The van der Waals surface area contributed by atoms with Crippen LogP contribution in [0.4, 0.5) is 4.39 Å². The molecule has 2 N–H and O–H groups in total. The molecule has 4 heteroatoms. The van der Waals surface area contributed by atoms with Crippen molar-refractivity contribution in [2.45, 2.75) is 25.7 Å². The Morgan fingerprint density at radius 2 is 1.95 bits per heavy atom. The van der Waals surface area contributed by atoms with E-state index in [4.69, 9.17) is 10.5 Å². The molecule has 1 heterocycles. The number of halogens is 1. The highest BCUT2D eigenvalue weighted by Crippen LogP contribution is 2.17. The van der Waals surface area contributed by atoms with Gasteiger partial charge in [-0.1, -0.05) is 6.42 Å². The van der Waals surface area contributed by atoms with Crippen molar-refractivity contribution in [2.24, 2.45) is 5.73 Å². The van der Waals surface area contributed by atoms with Gasteiger partial charge < -0.3 is 10.5 Å². The fourth-order valence-corrected chi connectivity index (χ4v) is 2.49. The number of likely N-dealkylation sites (tertiary alicyclic amines) is 1. The molecular weight excluding hydrogens is 243 g/mol. The van der Waals surface area contributed by atoms with Gasteiger partial charge in [0.1, 0.15) is 18.2 Å². The number of ether oxygens (including phenoxy) is 1. The van der Waals surface area contributed by atoms with Gasteiger partial charge in [0.15, 0.2) is 0 Å². The molecule has 2 rings (SSSR count). The second-order valence-electron chi connectivity index (χ2n) is 5.08. The lowest BCUT2D eigenvalue weighted by molar-refractivity contribution is 0.183. The van der Waals surface area contributed by atoms with Crippen molar-refractivity contribution in [3.8, 4) is 5.75 Å². The maximum absolute atomic E-state index is 13.4. The van der Waals surface area contributed by atoms with Crippen molar-refractivity contribution in [2.75, 3.05) is 32.8 Å². The zero-order chi connectivity index (χ0) is 13.5. The Hall–Kier alpha value is -1.13. The van der Waals surface area contributed by atoms with Crippen LogP contribution in [0, 0.1) is 5.82 Å². The van der Waals surface area contributed by atoms with Crippen LogP contribution in [0.3, 0.4) is 0 Å². The van der Waals surface area contributed by atoms with E-state index in [1.54, 1.807) is 0 Å². The normalized spacial score (nSPS) is 16.5. The van der Waals surface area contributed by atoms with Crippen LogP contribution < -0.4 is 10.5 Å². The number of rotatable bonds is 6. The van der Waals surface area contributed by atoms with Crippen LogP contribution in [0.2, 0.25) is 0 Å². The third-order valence-corrected chi connectivity index (χ3v) is 3.49. The first-order valence-electron chi connectivity index (χ1n) is 7.12.